The van der Waals surface area contributed by atoms with Crippen molar-refractivity contribution in [2.24, 2.45) is 0 Å². The molecule has 1 aromatic carbocycles. The lowest BCUT2D eigenvalue weighted by atomic mass is 10.2. The molecule has 2 aromatic rings. The first-order chi connectivity index (χ1) is 10.6. The summed E-state index contributed by atoms with van der Waals surface area (Å²) in [5.41, 5.74) is 0.943. The molecule has 0 bridgehead atoms. The molecule has 0 N–H and O–H groups in total. The Morgan fingerprint density at radius 1 is 1.14 bits per heavy atom. The van der Waals surface area contributed by atoms with Gasteiger partial charge in [0.1, 0.15) is 6.61 Å². The van der Waals surface area contributed by atoms with Crippen LogP contribution in [0.4, 0.5) is 0 Å². The van der Waals surface area contributed by atoms with Gasteiger partial charge in [-0.05, 0) is 24.5 Å². The number of rotatable bonds is 7. The number of carbonyl (C=O) groups is 1. The Morgan fingerprint density at radius 2 is 1.91 bits per heavy atom. The molecule has 5 heteroatoms. The van der Waals surface area contributed by atoms with Crippen molar-refractivity contribution >= 4 is 21.9 Å². The molecular weight excluding hydrogens is 346 g/mol. The number of esters is 1. The summed E-state index contributed by atoms with van der Waals surface area (Å²) in [6, 6.07) is 13.0. The van der Waals surface area contributed by atoms with Gasteiger partial charge < -0.3 is 9.30 Å². The molecule has 116 valence electrons. The molecule has 0 saturated carbocycles. The lowest BCUT2D eigenvalue weighted by Crippen LogP contribution is -2.18. The highest BCUT2D eigenvalue weighted by Gasteiger charge is 2.04. The molecule has 4 nitrogen and oxygen atoms in total. The Bertz CT molecular complexity index is 667. The summed E-state index contributed by atoms with van der Waals surface area (Å²) in [5, 5.41) is 0. The van der Waals surface area contributed by atoms with E-state index in [0.717, 1.165) is 16.5 Å². The highest BCUT2D eigenvalue weighted by molar-refractivity contribution is 9.10. The number of hydrogen-bond acceptors (Lipinski definition) is 3. The van der Waals surface area contributed by atoms with Crippen LogP contribution in [-0.2, 0) is 22.7 Å². The first-order valence-electron chi connectivity index (χ1n) is 7.21. The number of ether oxygens (including phenoxy) is 1. The van der Waals surface area contributed by atoms with Gasteiger partial charge in [-0.25, -0.2) is 0 Å². The van der Waals surface area contributed by atoms with Crippen molar-refractivity contribution in [1.82, 2.24) is 4.57 Å². The highest BCUT2D eigenvalue weighted by atomic mass is 79.9. The molecule has 0 aliphatic heterocycles. The second kappa shape index (κ2) is 8.54. The minimum absolute atomic E-state index is 0.0407. The van der Waals surface area contributed by atoms with Gasteiger partial charge in [0, 0.05) is 29.7 Å². The molecule has 1 aromatic heterocycles. The molecule has 0 atom stereocenters. The van der Waals surface area contributed by atoms with E-state index in [4.69, 9.17) is 4.74 Å². The van der Waals surface area contributed by atoms with Crippen molar-refractivity contribution in [1.29, 1.82) is 0 Å². The summed E-state index contributed by atoms with van der Waals surface area (Å²) in [6.45, 7) is 0.921. The van der Waals surface area contributed by atoms with Crippen molar-refractivity contribution in [3.63, 3.8) is 0 Å². The van der Waals surface area contributed by atoms with Crippen molar-refractivity contribution < 1.29 is 9.53 Å². The van der Waals surface area contributed by atoms with E-state index in [1.165, 1.54) is 6.07 Å². The standard InChI is InChI=1S/C17H18BrNO3/c18-15-9-11-19(16(20)12-15)10-5-4-8-17(21)22-13-14-6-2-1-3-7-14/h1-3,6-7,9,11-12H,4-5,8,10,13H2. The van der Waals surface area contributed by atoms with Crippen molar-refractivity contribution in [3.05, 3.63) is 69.1 Å². The van der Waals surface area contributed by atoms with Crippen LogP contribution in [0.15, 0.2) is 57.9 Å². The van der Waals surface area contributed by atoms with Gasteiger partial charge in [0.25, 0.3) is 5.56 Å². The van der Waals surface area contributed by atoms with Gasteiger partial charge in [-0.3, -0.25) is 9.59 Å². The molecule has 0 spiro atoms. The van der Waals surface area contributed by atoms with Gasteiger partial charge in [-0.2, -0.15) is 0 Å². The van der Waals surface area contributed by atoms with Gasteiger partial charge in [0.15, 0.2) is 0 Å². The number of pyridine rings is 1. The molecule has 2 rings (SSSR count). The third-order valence-corrected chi connectivity index (χ3v) is 3.72. The topological polar surface area (TPSA) is 48.3 Å². The van der Waals surface area contributed by atoms with Crippen LogP contribution in [0, 0.1) is 0 Å². The minimum atomic E-state index is -0.202. The van der Waals surface area contributed by atoms with Gasteiger partial charge in [-0.15, -0.1) is 0 Å². The van der Waals surface area contributed by atoms with Crippen LogP contribution in [0.5, 0.6) is 0 Å². The predicted molar refractivity (Wildman–Crippen MR) is 88.5 cm³/mol. The maximum Gasteiger partial charge on any atom is 0.306 e. The summed E-state index contributed by atoms with van der Waals surface area (Å²) >= 11 is 3.26. The number of halogens is 1. The Kier molecular flexibility index (Phi) is 6.40. The summed E-state index contributed by atoms with van der Waals surface area (Å²) in [6.07, 6.45) is 3.59. The number of unbranched alkanes of at least 4 members (excludes halogenated alkanes) is 1. The average Bonchev–Trinajstić information content (AvgIpc) is 2.52. The quantitative estimate of drug-likeness (QED) is 0.558. The zero-order valence-electron chi connectivity index (χ0n) is 12.2. The molecular formula is C17H18BrNO3. The maximum atomic E-state index is 11.7. The molecule has 0 aliphatic carbocycles. The van der Waals surface area contributed by atoms with E-state index in [1.807, 2.05) is 36.4 Å². The largest absolute Gasteiger partial charge is 0.461 e. The Balaban J connectivity index is 1.66. The predicted octanol–water partition coefficient (Wildman–Crippen LogP) is 3.52. The van der Waals surface area contributed by atoms with Crippen LogP contribution in [0.3, 0.4) is 0 Å². The van der Waals surface area contributed by atoms with Crippen LogP contribution in [0.2, 0.25) is 0 Å². The number of nitrogens with zero attached hydrogens (tertiary/aromatic N) is 1. The average molecular weight is 364 g/mol. The fourth-order valence-electron chi connectivity index (χ4n) is 2.03. The number of hydrogen-bond donors (Lipinski definition) is 0. The van der Waals surface area contributed by atoms with Gasteiger partial charge in [0.05, 0.1) is 0 Å². The van der Waals surface area contributed by atoms with Crippen LogP contribution in [-0.4, -0.2) is 10.5 Å². The van der Waals surface area contributed by atoms with Crippen LogP contribution in [0.1, 0.15) is 24.8 Å². The van der Waals surface area contributed by atoms with Crippen LogP contribution < -0.4 is 5.56 Å². The highest BCUT2D eigenvalue weighted by Crippen LogP contribution is 2.06. The first kappa shape index (κ1) is 16.5. The third-order valence-electron chi connectivity index (χ3n) is 3.23. The van der Waals surface area contributed by atoms with Crippen molar-refractivity contribution in [3.8, 4) is 0 Å². The van der Waals surface area contributed by atoms with Gasteiger partial charge in [-0.1, -0.05) is 46.3 Å². The lowest BCUT2D eigenvalue weighted by molar-refractivity contribution is -0.145. The second-order valence-electron chi connectivity index (χ2n) is 4.98. The minimum Gasteiger partial charge on any atom is -0.461 e. The second-order valence-corrected chi connectivity index (χ2v) is 5.90. The van der Waals surface area contributed by atoms with Crippen molar-refractivity contribution in [2.45, 2.75) is 32.4 Å². The molecule has 0 amide bonds. The molecule has 0 fully saturated rings. The molecule has 22 heavy (non-hydrogen) atoms. The summed E-state index contributed by atoms with van der Waals surface area (Å²) in [4.78, 5) is 23.3. The fourth-order valence-corrected chi connectivity index (χ4v) is 2.34. The molecule has 1 heterocycles. The van der Waals surface area contributed by atoms with E-state index in [-0.39, 0.29) is 11.5 Å². The van der Waals surface area contributed by atoms with Crippen molar-refractivity contribution in [2.75, 3.05) is 0 Å². The maximum absolute atomic E-state index is 11.7. The van der Waals surface area contributed by atoms with E-state index < -0.39 is 0 Å². The molecule has 0 saturated heterocycles. The van der Waals surface area contributed by atoms with E-state index in [9.17, 15) is 9.59 Å². The summed E-state index contributed by atoms with van der Waals surface area (Å²) < 4.78 is 7.62. The number of benzene rings is 1. The Hall–Kier alpha value is -1.88. The van der Waals surface area contributed by atoms with Crippen LogP contribution >= 0.6 is 15.9 Å². The number of aryl methyl sites for hydroxylation is 1. The molecule has 0 aliphatic rings. The zero-order chi connectivity index (χ0) is 15.8. The summed E-state index contributed by atoms with van der Waals surface area (Å²) in [5.74, 6) is -0.202. The Labute approximate surface area is 137 Å². The lowest BCUT2D eigenvalue weighted by Gasteiger charge is -2.06. The number of carbonyl (C=O) groups excluding carboxylic acids is 1. The smallest absolute Gasteiger partial charge is 0.306 e. The SMILES string of the molecule is O=C(CCCCn1ccc(Br)cc1=O)OCc1ccccc1. The first-order valence-corrected chi connectivity index (χ1v) is 8.00. The summed E-state index contributed by atoms with van der Waals surface area (Å²) in [7, 11) is 0. The van der Waals surface area contributed by atoms with E-state index in [2.05, 4.69) is 15.9 Å². The van der Waals surface area contributed by atoms with E-state index in [0.29, 0.717) is 26.0 Å². The van der Waals surface area contributed by atoms with E-state index >= 15 is 0 Å². The van der Waals surface area contributed by atoms with Gasteiger partial charge in [0.2, 0.25) is 0 Å². The Morgan fingerprint density at radius 3 is 2.64 bits per heavy atom. The van der Waals surface area contributed by atoms with Gasteiger partial charge >= 0.3 is 5.97 Å². The zero-order valence-corrected chi connectivity index (χ0v) is 13.8. The van der Waals surface area contributed by atoms with E-state index in [1.54, 1.807) is 10.8 Å². The molecule has 0 unspecified atom stereocenters. The number of aromatic nitrogens is 1. The monoisotopic (exact) mass is 363 g/mol. The molecule has 0 radical (unpaired) electrons. The fraction of sp³-hybridized carbons (Fsp3) is 0.294. The third kappa shape index (κ3) is 5.48. The normalized spacial score (nSPS) is 10.4. The van der Waals surface area contributed by atoms with Crippen LogP contribution in [0.25, 0.3) is 0 Å².